The van der Waals surface area contributed by atoms with Crippen molar-refractivity contribution < 1.29 is 9.59 Å². The van der Waals surface area contributed by atoms with E-state index in [-0.39, 0.29) is 5.91 Å². The van der Waals surface area contributed by atoms with E-state index in [2.05, 4.69) is 0 Å². The monoisotopic (exact) mass is 216 g/mol. The molecule has 1 heterocycles. The SMILES string of the molecule is NC(=O)c1ccc(C(=O)N2CC=CC2)cc1. The maximum Gasteiger partial charge on any atom is 0.254 e. The molecule has 1 aliphatic heterocycles. The predicted molar refractivity (Wildman–Crippen MR) is 60.0 cm³/mol. The van der Waals surface area contributed by atoms with E-state index >= 15 is 0 Å². The zero-order chi connectivity index (χ0) is 11.5. The molecule has 1 aromatic carbocycles. The number of hydrogen-bond donors (Lipinski definition) is 1. The average Bonchev–Trinajstić information content (AvgIpc) is 2.81. The summed E-state index contributed by atoms with van der Waals surface area (Å²) in [5.74, 6) is -0.511. The van der Waals surface area contributed by atoms with Crippen LogP contribution in [0.15, 0.2) is 36.4 Å². The number of carbonyl (C=O) groups excluding carboxylic acids is 2. The highest BCUT2D eigenvalue weighted by molar-refractivity contribution is 5.97. The van der Waals surface area contributed by atoms with Gasteiger partial charge in [0.1, 0.15) is 0 Å². The molecule has 16 heavy (non-hydrogen) atoms. The molecule has 0 unspecified atom stereocenters. The van der Waals surface area contributed by atoms with E-state index in [9.17, 15) is 9.59 Å². The number of nitrogens with zero attached hydrogens (tertiary/aromatic N) is 1. The molecule has 2 N–H and O–H groups in total. The van der Waals surface area contributed by atoms with E-state index in [4.69, 9.17) is 5.73 Å². The number of carbonyl (C=O) groups is 2. The van der Waals surface area contributed by atoms with Gasteiger partial charge in [0.2, 0.25) is 5.91 Å². The van der Waals surface area contributed by atoms with Gasteiger partial charge in [0.05, 0.1) is 0 Å². The minimum Gasteiger partial charge on any atom is -0.366 e. The van der Waals surface area contributed by atoms with Crippen LogP contribution in [-0.4, -0.2) is 29.8 Å². The summed E-state index contributed by atoms with van der Waals surface area (Å²) in [7, 11) is 0. The smallest absolute Gasteiger partial charge is 0.254 e. The Labute approximate surface area is 93.3 Å². The molecule has 1 aromatic rings. The molecule has 0 saturated carbocycles. The Balaban J connectivity index is 2.15. The molecule has 4 heteroatoms. The molecule has 0 radical (unpaired) electrons. The Kier molecular flexibility index (Phi) is 2.72. The number of primary amides is 1. The number of rotatable bonds is 2. The minimum absolute atomic E-state index is 0.0268. The first kappa shape index (κ1) is 10.4. The molecule has 0 atom stereocenters. The summed E-state index contributed by atoms with van der Waals surface area (Å²) in [6.45, 7) is 1.30. The van der Waals surface area contributed by atoms with Crippen LogP contribution in [0.25, 0.3) is 0 Å². The number of amides is 2. The van der Waals surface area contributed by atoms with Crippen molar-refractivity contribution in [2.75, 3.05) is 13.1 Å². The quantitative estimate of drug-likeness (QED) is 0.743. The number of hydrogen-bond acceptors (Lipinski definition) is 2. The van der Waals surface area contributed by atoms with Crippen molar-refractivity contribution in [1.82, 2.24) is 4.90 Å². The Morgan fingerprint density at radius 3 is 2.00 bits per heavy atom. The lowest BCUT2D eigenvalue weighted by Crippen LogP contribution is -2.28. The second-order valence-electron chi connectivity index (χ2n) is 3.62. The van der Waals surface area contributed by atoms with E-state index in [0.717, 1.165) is 0 Å². The maximum absolute atomic E-state index is 11.9. The van der Waals surface area contributed by atoms with Crippen LogP contribution in [0.1, 0.15) is 20.7 Å². The predicted octanol–water partition coefficient (Wildman–Crippen LogP) is 0.798. The highest BCUT2D eigenvalue weighted by atomic mass is 16.2. The van der Waals surface area contributed by atoms with Gasteiger partial charge >= 0.3 is 0 Å². The molecule has 1 aliphatic rings. The molecule has 2 amide bonds. The molecule has 0 fully saturated rings. The second kappa shape index (κ2) is 4.18. The Bertz CT molecular complexity index is 441. The van der Waals surface area contributed by atoms with Crippen molar-refractivity contribution in [3.05, 3.63) is 47.5 Å². The lowest BCUT2D eigenvalue weighted by Gasteiger charge is -2.15. The standard InChI is InChI=1S/C12H12N2O2/c13-11(15)9-3-5-10(6-4-9)12(16)14-7-1-2-8-14/h1-6H,7-8H2,(H2,13,15). The number of nitrogens with two attached hydrogens (primary N) is 1. The molecule has 0 bridgehead atoms. The van der Waals surface area contributed by atoms with Gasteiger partial charge in [0, 0.05) is 24.2 Å². The fourth-order valence-corrected chi connectivity index (χ4v) is 1.60. The van der Waals surface area contributed by atoms with Crippen molar-refractivity contribution in [3.63, 3.8) is 0 Å². The third-order valence-corrected chi connectivity index (χ3v) is 2.52. The fourth-order valence-electron chi connectivity index (χ4n) is 1.60. The number of benzene rings is 1. The second-order valence-corrected chi connectivity index (χ2v) is 3.62. The van der Waals surface area contributed by atoms with Crippen LogP contribution in [0.4, 0.5) is 0 Å². The fraction of sp³-hybridized carbons (Fsp3) is 0.167. The summed E-state index contributed by atoms with van der Waals surface area (Å²) in [5.41, 5.74) is 6.11. The van der Waals surface area contributed by atoms with Gasteiger partial charge in [-0.3, -0.25) is 9.59 Å². The van der Waals surface area contributed by atoms with Crippen molar-refractivity contribution in [2.45, 2.75) is 0 Å². The first-order valence-electron chi connectivity index (χ1n) is 5.02. The summed E-state index contributed by atoms with van der Waals surface area (Å²) in [6, 6.07) is 6.39. The van der Waals surface area contributed by atoms with E-state index in [1.165, 1.54) is 0 Å². The topological polar surface area (TPSA) is 63.4 Å². The van der Waals surface area contributed by atoms with E-state index in [1.807, 2.05) is 12.2 Å². The van der Waals surface area contributed by atoms with Crippen LogP contribution in [0.5, 0.6) is 0 Å². The average molecular weight is 216 g/mol. The van der Waals surface area contributed by atoms with Gasteiger partial charge in [-0.2, -0.15) is 0 Å². The van der Waals surface area contributed by atoms with Crippen molar-refractivity contribution in [2.24, 2.45) is 5.73 Å². The maximum atomic E-state index is 11.9. The van der Waals surface area contributed by atoms with Crippen LogP contribution in [0.3, 0.4) is 0 Å². The van der Waals surface area contributed by atoms with Crippen LogP contribution < -0.4 is 5.73 Å². The third kappa shape index (κ3) is 1.95. The third-order valence-electron chi connectivity index (χ3n) is 2.52. The first-order chi connectivity index (χ1) is 7.68. The van der Waals surface area contributed by atoms with Gasteiger partial charge in [-0.15, -0.1) is 0 Å². The molecule has 0 aliphatic carbocycles. The normalized spacial score (nSPS) is 14.1. The van der Waals surface area contributed by atoms with Gasteiger partial charge in [0.25, 0.3) is 5.91 Å². The van der Waals surface area contributed by atoms with E-state index in [1.54, 1.807) is 29.2 Å². The summed E-state index contributed by atoms with van der Waals surface area (Å²) in [6.07, 6.45) is 3.91. The molecule has 2 rings (SSSR count). The van der Waals surface area contributed by atoms with Gasteiger partial charge in [-0.25, -0.2) is 0 Å². The lowest BCUT2D eigenvalue weighted by molar-refractivity contribution is 0.0799. The molecule has 0 aromatic heterocycles. The van der Waals surface area contributed by atoms with Gasteiger partial charge in [0.15, 0.2) is 0 Å². The minimum atomic E-state index is -0.484. The van der Waals surface area contributed by atoms with E-state index in [0.29, 0.717) is 24.2 Å². The molecule has 0 spiro atoms. The van der Waals surface area contributed by atoms with E-state index < -0.39 is 5.91 Å². The largest absolute Gasteiger partial charge is 0.366 e. The summed E-state index contributed by atoms with van der Waals surface area (Å²) < 4.78 is 0. The lowest BCUT2D eigenvalue weighted by atomic mass is 10.1. The Morgan fingerprint density at radius 1 is 1.00 bits per heavy atom. The molecular weight excluding hydrogens is 204 g/mol. The summed E-state index contributed by atoms with van der Waals surface area (Å²) in [4.78, 5) is 24.5. The van der Waals surface area contributed by atoms with Gasteiger partial charge in [-0.05, 0) is 24.3 Å². The highest BCUT2D eigenvalue weighted by Gasteiger charge is 2.16. The van der Waals surface area contributed by atoms with Gasteiger partial charge < -0.3 is 10.6 Å². The highest BCUT2D eigenvalue weighted by Crippen LogP contribution is 2.09. The Morgan fingerprint density at radius 2 is 1.50 bits per heavy atom. The van der Waals surface area contributed by atoms with Gasteiger partial charge in [-0.1, -0.05) is 12.2 Å². The summed E-state index contributed by atoms with van der Waals surface area (Å²) in [5, 5.41) is 0. The first-order valence-corrected chi connectivity index (χ1v) is 5.02. The van der Waals surface area contributed by atoms with Crippen molar-refractivity contribution in [1.29, 1.82) is 0 Å². The Hall–Kier alpha value is -2.10. The van der Waals surface area contributed by atoms with Crippen LogP contribution in [0, 0.1) is 0 Å². The summed E-state index contributed by atoms with van der Waals surface area (Å²) >= 11 is 0. The van der Waals surface area contributed by atoms with Crippen LogP contribution >= 0.6 is 0 Å². The molecule has 4 nitrogen and oxygen atoms in total. The zero-order valence-electron chi connectivity index (χ0n) is 8.72. The molecule has 82 valence electrons. The molecular formula is C12H12N2O2. The van der Waals surface area contributed by atoms with Crippen LogP contribution in [0.2, 0.25) is 0 Å². The zero-order valence-corrected chi connectivity index (χ0v) is 8.72. The van der Waals surface area contributed by atoms with Crippen molar-refractivity contribution >= 4 is 11.8 Å². The van der Waals surface area contributed by atoms with Crippen LogP contribution in [-0.2, 0) is 0 Å². The van der Waals surface area contributed by atoms with Crippen molar-refractivity contribution in [3.8, 4) is 0 Å². The molecule has 0 saturated heterocycles.